The van der Waals surface area contributed by atoms with Crippen LogP contribution in [-0.4, -0.2) is 17.3 Å². The summed E-state index contributed by atoms with van der Waals surface area (Å²) in [5.74, 6) is -0.694. The van der Waals surface area contributed by atoms with E-state index in [2.05, 4.69) is 20.8 Å². The Kier molecular flexibility index (Phi) is 3.55. The summed E-state index contributed by atoms with van der Waals surface area (Å²) in [5.41, 5.74) is 1.19. The Morgan fingerprint density at radius 2 is 1.70 bits per heavy atom. The summed E-state index contributed by atoms with van der Waals surface area (Å²) in [6, 6.07) is 0. The van der Waals surface area contributed by atoms with Crippen LogP contribution in [0.25, 0.3) is 0 Å². The molecule has 1 saturated carbocycles. The van der Waals surface area contributed by atoms with E-state index in [1.807, 2.05) is 13.8 Å². The van der Waals surface area contributed by atoms with E-state index in [1.165, 1.54) is 0 Å². The molecule has 3 nitrogen and oxygen atoms in total. The van der Waals surface area contributed by atoms with Crippen LogP contribution in [0.3, 0.4) is 0 Å². The molecule has 124 valence electrons. The summed E-state index contributed by atoms with van der Waals surface area (Å²) in [6.07, 6.45) is 5.20. The molecule has 0 saturated heterocycles. The maximum Gasteiger partial charge on any atom is 0.230 e. The molecule has 3 aliphatic carbocycles. The van der Waals surface area contributed by atoms with Gasteiger partial charge in [-0.25, -0.2) is 0 Å². The lowest BCUT2D eigenvalue weighted by Gasteiger charge is -2.54. The SMILES string of the molecule is CC(C)C1=CC2=C(C(=O)C1=O)[C@@]1(C)CCCC(C)(C)C1CC2=O. The molecule has 3 aliphatic rings. The quantitative estimate of drug-likeness (QED) is 0.546. The monoisotopic (exact) mass is 314 g/mol. The second-order valence-electron chi connectivity index (χ2n) is 8.64. The minimum absolute atomic E-state index is 0.0204. The Balaban J connectivity index is 2.23. The lowest BCUT2D eigenvalue weighted by atomic mass is 9.48. The minimum Gasteiger partial charge on any atom is -0.294 e. The van der Waals surface area contributed by atoms with Gasteiger partial charge in [0.15, 0.2) is 5.78 Å². The molecule has 23 heavy (non-hydrogen) atoms. The van der Waals surface area contributed by atoms with Crippen molar-refractivity contribution in [2.75, 3.05) is 0 Å². The summed E-state index contributed by atoms with van der Waals surface area (Å²) in [7, 11) is 0. The first-order valence-electron chi connectivity index (χ1n) is 8.68. The highest BCUT2D eigenvalue weighted by molar-refractivity contribution is 6.51. The number of allylic oxidation sites excluding steroid dienone is 4. The molecule has 1 fully saturated rings. The van der Waals surface area contributed by atoms with Gasteiger partial charge in [-0.1, -0.05) is 41.0 Å². The number of ketones is 3. The van der Waals surface area contributed by atoms with E-state index in [0.717, 1.165) is 19.3 Å². The van der Waals surface area contributed by atoms with Crippen molar-refractivity contribution in [3.8, 4) is 0 Å². The second kappa shape index (κ2) is 4.99. The number of carbonyl (C=O) groups is 3. The van der Waals surface area contributed by atoms with Crippen molar-refractivity contribution in [2.24, 2.45) is 22.7 Å². The molecule has 0 amide bonds. The van der Waals surface area contributed by atoms with Crippen molar-refractivity contribution < 1.29 is 14.4 Å². The van der Waals surface area contributed by atoms with E-state index >= 15 is 0 Å². The first kappa shape index (κ1) is 16.4. The summed E-state index contributed by atoms with van der Waals surface area (Å²) < 4.78 is 0. The Bertz CT molecular complexity index is 675. The third-order valence-corrected chi connectivity index (χ3v) is 6.38. The van der Waals surface area contributed by atoms with Crippen molar-refractivity contribution in [1.29, 1.82) is 0 Å². The van der Waals surface area contributed by atoms with Crippen LogP contribution in [0.1, 0.15) is 60.3 Å². The van der Waals surface area contributed by atoms with Crippen LogP contribution >= 0.6 is 0 Å². The van der Waals surface area contributed by atoms with E-state index in [-0.39, 0.29) is 28.4 Å². The summed E-state index contributed by atoms with van der Waals surface area (Å²) in [4.78, 5) is 38.2. The molecule has 0 heterocycles. The number of carbonyl (C=O) groups excluding carboxylic acids is 3. The van der Waals surface area contributed by atoms with Crippen LogP contribution in [0.2, 0.25) is 0 Å². The number of hydrogen-bond acceptors (Lipinski definition) is 3. The van der Waals surface area contributed by atoms with E-state index in [9.17, 15) is 14.4 Å². The molecule has 0 aromatic rings. The molecule has 0 N–H and O–H groups in total. The molecule has 2 atom stereocenters. The van der Waals surface area contributed by atoms with E-state index in [1.54, 1.807) is 6.08 Å². The second-order valence-corrected chi connectivity index (χ2v) is 8.64. The Morgan fingerprint density at radius 3 is 2.30 bits per heavy atom. The Hall–Kier alpha value is -1.51. The van der Waals surface area contributed by atoms with Crippen molar-refractivity contribution in [3.05, 3.63) is 22.8 Å². The van der Waals surface area contributed by atoms with Crippen LogP contribution < -0.4 is 0 Å². The van der Waals surface area contributed by atoms with Crippen LogP contribution in [0.4, 0.5) is 0 Å². The molecule has 0 aromatic carbocycles. The van der Waals surface area contributed by atoms with Crippen molar-refractivity contribution in [1.82, 2.24) is 0 Å². The predicted molar refractivity (Wildman–Crippen MR) is 88.8 cm³/mol. The molecular weight excluding hydrogens is 288 g/mol. The van der Waals surface area contributed by atoms with Gasteiger partial charge in [0.25, 0.3) is 0 Å². The highest BCUT2D eigenvalue weighted by atomic mass is 16.2. The largest absolute Gasteiger partial charge is 0.294 e. The number of hydrogen-bond donors (Lipinski definition) is 0. The zero-order chi connectivity index (χ0) is 17.2. The normalized spacial score (nSPS) is 33.6. The molecule has 0 bridgehead atoms. The van der Waals surface area contributed by atoms with Gasteiger partial charge in [-0.2, -0.15) is 0 Å². The fourth-order valence-corrected chi connectivity index (χ4v) is 5.09. The van der Waals surface area contributed by atoms with Gasteiger partial charge in [-0.05, 0) is 36.2 Å². The zero-order valence-electron chi connectivity index (χ0n) is 14.8. The van der Waals surface area contributed by atoms with Crippen molar-refractivity contribution in [2.45, 2.75) is 60.3 Å². The number of Topliss-reactive ketones (excluding diaryl/α,β-unsaturated/α-hetero) is 3. The fraction of sp³-hybridized carbons (Fsp3) is 0.650. The van der Waals surface area contributed by atoms with Gasteiger partial charge in [0.2, 0.25) is 11.6 Å². The Labute approximate surface area is 138 Å². The van der Waals surface area contributed by atoms with Crippen LogP contribution in [0.5, 0.6) is 0 Å². The van der Waals surface area contributed by atoms with Crippen molar-refractivity contribution >= 4 is 17.3 Å². The van der Waals surface area contributed by atoms with Gasteiger partial charge in [-0.15, -0.1) is 0 Å². The van der Waals surface area contributed by atoms with E-state index < -0.39 is 11.6 Å². The van der Waals surface area contributed by atoms with Gasteiger partial charge in [-0.3, -0.25) is 14.4 Å². The standard InChI is InChI=1S/C20H26O3/c1-11(2)12-9-13-14(21)10-15-19(3,4)7-6-8-20(15,5)16(13)18(23)17(12)22/h9,11,15H,6-8,10H2,1-5H3/t15?,20-/m0/s1. The molecule has 3 heteroatoms. The maximum atomic E-state index is 12.9. The van der Waals surface area contributed by atoms with Crippen molar-refractivity contribution in [3.63, 3.8) is 0 Å². The molecule has 1 unspecified atom stereocenters. The van der Waals surface area contributed by atoms with Gasteiger partial charge in [0.05, 0.1) is 0 Å². The zero-order valence-corrected chi connectivity index (χ0v) is 14.8. The Morgan fingerprint density at radius 1 is 1.04 bits per heavy atom. The maximum absolute atomic E-state index is 12.9. The minimum atomic E-state index is -0.426. The lowest BCUT2D eigenvalue weighted by Crippen LogP contribution is -2.51. The highest BCUT2D eigenvalue weighted by Crippen LogP contribution is 2.59. The smallest absolute Gasteiger partial charge is 0.230 e. The first-order valence-corrected chi connectivity index (χ1v) is 8.68. The third-order valence-electron chi connectivity index (χ3n) is 6.38. The van der Waals surface area contributed by atoms with E-state index in [0.29, 0.717) is 23.1 Å². The number of rotatable bonds is 1. The summed E-state index contributed by atoms with van der Waals surface area (Å²) >= 11 is 0. The molecule has 0 spiro atoms. The average molecular weight is 314 g/mol. The van der Waals surface area contributed by atoms with Crippen LogP contribution in [-0.2, 0) is 14.4 Å². The molecule has 0 aromatic heterocycles. The number of fused-ring (bicyclic) bond motifs is 2. The predicted octanol–water partition coefficient (Wildman–Crippen LogP) is 3.82. The summed E-state index contributed by atoms with van der Waals surface area (Å²) in [5, 5.41) is 0. The molecule has 0 radical (unpaired) electrons. The van der Waals surface area contributed by atoms with E-state index in [4.69, 9.17) is 0 Å². The molecule has 0 aliphatic heterocycles. The highest BCUT2D eigenvalue weighted by Gasteiger charge is 2.56. The van der Waals surface area contributed by atoms with Crippen LogP contribution in [0.15, 0.2) is 22.8 Å². The van der Waals surface area contributed by atoms with Gasteiger partial charge in [0, 0.05) is 28.6 Å². The van der Waals surface area contributed by atoms with Gasteiger partial charge < -0.3 is 0 Å². The first-order chi connectivity index (χ1) is 10.6. The van der Waals surface area contributed by atoms with Gasteiger partial charge >= 0.3 is 0 Å². The lowest BCUT2D eigenvalue weighted by molar-refractivity contribution is -0.135. The third kappa shape index (κ3) is 2.20. The van der Waals surface area contributed by atoms with Gasteiger partial charge in [0.1, 0.15) is 0 Å². The fourth-order valence-electron chi connectivity index (χ4n) is 5.09. The molecular formula is C20H26O3. The topological polar surface area (TPSA) is 51.2 Å². The summed E-state index contributed by atoms with van der Waals surface area (Å²) in [6.45, 7) is 10.3. The van der Waals surface area contributed by atoms with Crippen LogP contribution in [0, 0.1) is 22.7 Å². The molecule has 3 rings (SSSR count). The average Bonchev–Trinajstić information content (AvgIpc) is 2.43.